The number of anilines is 1. The highest BCUT2D eigenvalue weighted by Gasteiger charge is 2.39. The molecule has 0 bridgehead atoms. The number of ketones is 1. The largest absolute Gasteiger partial charge is 0.369 e. The number of hydrogen-bond acceptors (Lipinski definition) is 8. The quantitative estimate of drug-likeness (QED) is 0.242. The lowest BCUT2D eigenvalue weighted by molar-refractivity contribution is 0.0652. The molecule has 1 amide bonds. The van der Waals surface area contributed by atoms with E-state index >= 15 is 0 Å². The molecule has 1 fully saturated rings. The van der Waals surface area contributed by atoms with Gasteiger partial charge >= 0.3 is 0 Å². The van der Waals surface area contributed by atoms with Crippen molar-refractivity contribution in [3.05, 3.63) is 89.1 Å². The minimum Gasteiger partial charge on any atom is -0.369 e. The SMILES string of the molecule is CC.C\C=C/C=C\C(F)=C\C1=CC=C(c2cnn3c4c(c(C(CC)CC5CCC(C)N5C(=O)c5ncn[nH]5)nc23)C(=O)CCN4)C=NC1. The predicted octanol–water partition coefficient (Wildman–Crippen LogP) is 6.83. The third kappa shape index (κ3) is 7.12. The minimum absolute atomic E-state index is 0.0307. The number of nitrogens with zero attached hydrogens (tertiary/aromatic N) is 7. The average molecular weight is 654 g/mol. The van der Waals surface area contributed by atoms with Gasteiger partial charge in [0.25, 0.3) is 5.91 Å². The average Bonchev–Trinajstić information content (AvgIpc) is 3.83. The summed E-state index contributed by atoms with van der Waals surface area (Å²) in [5.74, 6) is 0.283. The van der Waals surface area contributed by atoms with E-state index < -0.39 is 0 Å². The Morgan fingerprint density at radius 2 is 2.04 bits per heavy atom. The summed E-state index contributed by atoms with van der Waals surface area (Å²) in [5, 5.41) is 14.6. The number of Topliss-reactive ketones (excluding diaryl/α,β-unsaturated/α-hetero) is 1. The van der Waals surface area contributed by atoms with Crippen molar-refractivity contribution in [1.82, 2.24) is 34.7 Å². The maximum Gasteiger partial charge on any atom is 0.291 e. The van der Waals surface area contributed by atoms with E-state index in [9.17, 15) is 14.0 Å². The summed E-state index contributed by atoms with van der Waals surface area (Å²) < 4.78 is 16.1. The van der Waals surface area contributed by atoms with Crippen LogP contribution in [0, 0.1) is 0 Å². The van der Waals surface area contributed by atoms with E-state index in [1.807, 2.05) is 43.9 Å². The van der Waals surface area contributed by atoms with Gasteiger partial charge in [-0.05, 0) is 57.3 Å². The van der Waals surface area contributed by atoms with Gasteiger partial charge in [0, 0.05) is 48.3 Å². The van der Waals surface area contributed by atoms with Crippen molar-refractivity contribution in [3.8, 4) is 0 Å². The van der Waals surface area contributed by atoms with E-state index in [1.54, 1.807) is 29.1 Å². The Bertz CT molecular complexity index is 1810. The van der Waals surface area contributed by atoms with Crippen molar-refractivity contribution in [2.75, 3.05) is 18.4 Å². The number of nitrogens with one attached hydrogen (secondary N) is 2. The molecule has 0 saturated carbocycles. The number of likely N-dealkylation sites (tertiary alicyclic amines) is 1. The summed E-state index contributed by atoms with van der Waals surface area (Å²) in [6.45, 7) is 10.9. The maximum atomic E-state index is 14.4. The minimum atomic E-state index is -0.357. The second-order valence-corrected chi connectivity index (χ2v) is 11.8. The fourth-order valence-corrected chi connectivity index (χ4v) is 6.55. The summed E-state index contributed by atoms with van der Waals surface area (Å²) in [6, 6.07) is 0.0184. The number of aromatic nitrogens is 6. The first-order valence-electron chi connectivity index (χ1n) is 16.8. The van der Waals surface area contributed by atoms with Gasteiger partial charge in [-0.3, -0.25) is 19.7 Å². The van der Waals surface area contributed by atoms with Gasteiger partial charge in [0.15, 0.2) is 11.4 Å². The maximum absolute atomic E-state index is 14.4. The second kappa shape index (κ2) is 15.7. The van der Waals surface area contributed by atoms with Crippen LogP contribution in [0.1, 0.15) is 105 Å². The van der Waals surface area contributed by atoms with Crippen LogP contribution in [0.4, 0.5) is 10.2 Å². The molecule has 252 valence electrons. The molecule has 6 rings (SSSR count). The molecule has 3 aromatic heterocycles. The van der Waals surface area contributed by atoms with Gasteiger partial charge in [-0.25, -0.2) is 14.4 Å². The first kappa shape index (κ1) is 34.3. The van der Waals surface area contributed by atoms with Crippen LogP contribution in [0.2, 0.25) is 0 Å². The van der Waals surface area contributed by atoms with Gasteiger partial charge in [0.2, 0.25) is 5.82 Å². The Kier molecular flexibility index (Phi) is 11.3. The molecular formula is C36H44FN9O2. The fourth-order valence-electron chi connectivity index (χ4n) is 6.55. The van der Waals surface area contributed by atoms with Gasteiger partial charge in [0.05, 0.1) is 24.0 Å². The highest BCUT2D eigenvalue weighted by atomic mass is 19.1. The van der Waals surface area contributed by atoms with Crippen LogP contribution in [0.25, 0.3) is 11.2 Å². The highest BCUT2D eigenvalue weighted by Crippen LogP contribution is 2.38. The first-order chi connectivity index (χ1) is 23.4. The van der Waals surface area contributed by atoms with E-state index in [0.29, 0.717) is 43.0 Å². The molecule has 3 aromatic rings. The topological polar surface area (TPSA) is 134 Å². The van der Waals surface area contributed by atoms with Crippen molar-refractivity contribution in [2.45, 2.75) is 84.7 Å². The molecule has 2 N–H and O–H groups in total. The molecular weight excluding hydrogens is 609 g/mol. The lowest BCUT2D eigenvalue weighted by Crippen LogP contribution is -2.41. The van der Waals surface area contributed by atoms with E-state index in [0.717, 1.165) is 41.7 Å². The number of aromatic amines is 1. The van der Waals surface area contributed by atoms with Crippen molar-refractivity contribution in [2.24, 2.45) is 4.99 Å². The van der Waals surface area contributed by atoms with Crippen molar-refractivity contribution < 1.29 is 14.0 Å². The molecule has 0 spiro atoms. The summed E-state index contributed by atoms with van der Waals surface area (Å²) in [6.07, 6.45) is 20.2. The molecule has 3 unspecified atom stereocenters. The van der Waals surface area contributed by atoms with Crippen LogP contribution in [0.3, 0.4) is 0 Å². The zero-order valence-corrected chi connectivity index (χ0v) is 28.3. The van der Waals surface area contributed by atoms with E-state index in [-0.39, 0.29) is 41.3 Å². The zero-order valence-electron chi connectivity index (χ0n) is 28.3. The Hall–Kier alpha value is -5.00. The number of carbonyl (C=O) groups excluding carboxylic acids is 2. The Labute approximate surface area is 280 Å². The van der Waals surface area contributed by atoms with Crippen LogP contribution in [-0.4, -0.2) is 77.8 Å². The smallest absolute Gasteiger partial charge is 0.291 e. The summed E-state index contributed by atoms with van der Waals surface area (Å²) in [7, 11) is 0. The monoisotopic (exact) mass is 653 g/mol. The van der Waals surface area contributed by atoms with E-state index in [1.165, 1.54) is 18.5 Å². The number of aliphatic imine (C=N–C) groups is 1. The molecule has 1 saturated heterocycles. The number of halogens is 1. The number of allylic oxidation sites excluding steroid dienone is 8. The Balaban J connectivity index is 0.00000221. The van der Waals surface area contributed by atoms with Crippen LogP contribution in [-0.2, 0) is 0 Å². The van der Waals surface area contributed by atoms with Gasteiger partial charge in [0.1, 0.15) is 18.0 Å². The fraction of sp³-hybridized carbons (Fsp3) is 0.417. The molecule has 3 aliphatic rings. The van der Waals surface area contributed by atoms with Gasteiger partial charge in [-0.15, -0.1) is 0 Å². The number of carbonyl (C=O) groups is 2. The number of H-pyrrole nitrogens is 1. The molecule has 0 radical (unpaired) electrons. The van der Waals surface area contributed by atoms with Gasteiger partial charge in [-0.2, -0.15) is 14.7 Å². The third-order valence-corrected chi connectivity index (χ3v) is 8.85. The van der Waals surface area contributed by atoms with E-state index in [4.69, 9.17) is 4.98 Å². The predicted molar refractivity (Wildman–Crippen MR) is 187 cm³/mol. The van der Waals surface area contributed by atoms with E-state index in [2.05, 4.69) is 44.4 Å². The van der Waals surface area contributed by atoms with Gasteiger partial charge < -0.3 is 10.2 Å². The number of rotatable bonds is 9. The first-order valence-corrected chi connectivity index (χ1v) is 16.8. The van der Waals surface area contributed by atoms with Crippen molar-refractivity contribution in [3.63, 3.8) is 0 Å². The molecule has 3 aliphatic heterocycles. The Morgan fingerprint density at radius 1 is 1.21 bits per heavy atom. The molecule has 12 heteroatoms. The van der Waals surface area contributed by atoms with Crippen LogP contribution < -0.4 is 5.32 Å². The third-order valence-electron chi connectivity index (χ3n) is 8.85. The molecule has 0 aliphatic carbocycles. The highest BCUT2D eigenvalue weighted by molar-refractivity contribution is 6.13. The molecule has 48 heavy (non-hydrogen) atoms. The number of amides is 1. The molecule has 0 aromatic carbocycles. The summed E-state index contributed by atoms with van der Waals surface area (Å²) in [4.78, 5) is 42.6. The number of hydrogen-bond donors (Lipinski definition) is 2. The van der Waals surface area contributed by atoms with Crippen LogP contribution in [0.15, 0.2) is 71.4 Å². The second-order valence-electron chi connectivity index (χ2n) is 11.8. The summed E-state index contributed by atoms with van der Waals surface area (Å²) >= 11 is 0. The Morgan fingerprint density at radius 3 is 2.79 bits per heavy atom. The van der Waals surface area contributed by atoms with Crippen LogP contribution in [0.5, 0.6) is 0 Å². The lowest BCUT2D eigenvalue weighted by Gasteiger charge is -2.31. The lowest BCUT2D eigenvalue weighted by atomic mass is 9.87. The normalized spacial score (nSPS) is 20.3. The standard InChI is InChI=1S/C34H38FN9O2.C2H6/c1-4-6-7-8-25(35)15-22-10-11-24(18-36-17-22)27-19-40-44-32(27)41-30(29-28(45)13-14-37-33(29)44)23(5-2)16-26-12-9-21(3)43(26)34(46)31-38-20-39-42-31;1-2/h4,6-8,10-11,15,18-21,23,26,37H,5,9,12-14,16-17H2,1-3H3,(H,38,39,42);1-2H3/b6-4-,8-7-,25-15-;. The van der Waals surface area contributed by atoms with Gasteiger partial charge in [-0.1, -0.05) is 51.2 Å². The molecule has 6 heterocycles. The molecule has 3 atom stereocenters. The zero-order chi connectivity index (χ0) is 34.2. The van der Waals surface area contributed by atoms with Crippen LogP contribution >= 0.6 is 0 Å². The van der Waals surface area contributed by atoms with Crippen molar-refractivity contribution >= 4 is 34.9 Å². The molecule has 11 nitrogen and oxygen atoms in total. The number of fused-ring (bicyclic) bond motifs is 3. The van der Waals surface area contributed by atoms with Crippen molar-refractivity contribution in [1.29, 1.82) is 0 Å². The summed E-state index contributed by atoms with van der Waals surface area (Å²) in [5.41, 5.74) is 4.16.